The van der Waals surface area contributed by atoms with Crippen LogP contribution >= 0.6 is 0 Å². The van der Waals surface area contributed by atoms with Crippen LogP contribution in [0.25, 0.3) is 6.08 Å². The van der Waals surface area contributed by atoms with Gasteiger partial charge in [-0.15, -0.1) is 0 Å². The molecule has 0 N–H and O–H groups in total. The molecule has 102 valence electrons. The Hall–Kier alpha value is -1.90. The van der Waals surface area contributed by atoms with Gasteiger partial charge in [-0.1, -0.05) is 57.2 Å². The van der Waals surface area contributed by atoms with Gasteiger partial charge in [0.1, 0.15) is 0 Å². The molecular weight excluding hydrogens is 238 g/mol. The normalized spacial score (nSPS) is 13.9. The molecule has 0 saturated carbocycles. The summed E-state index contributed by atoms with van der Waals surface area (Å²) in [5, 5.41) is 0. The van der Waals surface area contributed by atoms with Gasteiger partial charge in [-0.3, -0.25) is 4.99 Å². The molecule has 19 heavy (non-hydrogen) atoms. The van der Waals surface area contributed by atoms with E-state index in [0.717, 1.165) is 5.56 Å². The van der Waals surface area contributed by atoms with Crippen LogP contribution in [0.2, 0.25) is 0 Å². The van der Waals surface area contributed by atoms with Crippen LogP contribution < -0.4 is 0 Å². The van der Waals surface area contributed by atoms with Crippen LogP contribution in [0.5, 0.6) is 0 Å². The standard InChI is InChI=1S/C16H21NO2/c1-16(2,3)14(15(18)19-4)17-12-8-11-13-9-6-5-7-10-13/h5-12,14H,1-4H3/b11-8+,17-12?/t14-/m1/s1. The second-order valence-corrected chi connectivity index (χ2v) is 5.36. The maximum Gasteiger partial charge on any atom is 0.331 e. The molecule has 3 nitrogen and oxygen atoms in total. The maximum atomic E-state index is 11.7. The molecule has 0 saturated heterocycles. The molecule has 3 heteroatoms. The SMILES string of the molecule is COC(=O)[C@@H](N=C/C=C/c1ccccc1)C(C)(C)C. The largest absolute Gasteiger partial charge is 0.467 e. The smallest absolute Gasteiger partial charge is 0.331 e. The third kappa shape index (κ3) is 5.08. The molecule has 1 aromatic carbocycles. The number of esters is 1. The summed E-state index contributed by atoms with van der Waals surface area (Å²) in [7, 11) is 1.39. The predicted octanol–water partition coefficient (Wildman–Crippen LogP) is 3.36. The first-order valence-electron chi connectivity index (χ1n) is 6.28. The summed E-state index contributed by atoms with van der Waals surface area (Å²) in [6.07, 6.45) is 5.43. The Morgan fingerprint density at radius 3 is 2.42 bits per heavy atom. The lowest BCUT2D eigenvalue weighted by Gasteiger charge is -2.24. The van der Waals surface area contributed by atoms with Crippen molar-refractivity contribution in [3.8, 4) is 0 Å². The number of hydrogen-bond donors (Lipinski definition) is 0. The lowest BCUT2D eigenvalue weighted by molar-refractivity contribution is -0.144. The van der Waals surface area contributed by atoms with Crippen LogP contribution in [0, 0.1) is 5.41 Å². The fraction of sp³-hybridized carbons (Fsp3) is 0.375. The molecule has 0 fully saturated rings. The molecule has 0 heterocycles. The molecule has 0 aliphatic carbocycles. The summed E-state index contributed by atoms with van der Waals surface area (Å²) in [6.45, 7) is 5.90. The quantitative estimate of drug-likeness (QED) is 0.614. The monoisotopic (exact) mass is 259 g/mol. The van der Waals surface area contributed by atoms with Crippen molar-refractivity contribution in [1.29, 1.82) is 0 Å². The zero-order valence-electron chi connectivity index (χ0n) is 12.0. The fourth-order valence-electron chi connectivity index (χ4n) is 1.60. The van der Waals surface area contributed by atoms with E-state index in [-0.39, 0.29) is 11.4 Å². The van der Waals surface area contributed by atoms with Gasteiger partial charge in [0, 0.05) is 6.21 Å². The number of carbonyl (C=O) groups excluding carboxylic acids is 1. The van der Waals surface area contributed by atoms with Crippen molar-refractivity contribution in [3.05, 3.63) is 42.0 Å². The maximum absolute atomic E-state index is 11.7. The van der Waals surface area contributed by atoms with E-state index in [0.29, 0.717) is 0 Å². The van der Waals surface area contributed by atoms with Crippen LogP contribution in [0.4, 0.5) is 0 Å². The van der Waals surface area contributed by atoms with Crippen LogP contribution in [0.3, 0.4) is 0 Å². The van der Waals surface area contributed by atoms with Crippen molar-refractivity contribution in [1.82, 2.24) is 0 Å². The number of methoxy groups -OCH3 is 1. The van der Waals surface area contributed by atoms with Crippen molar-refractivity contribution in [2.24, 2.45) is 10.4 Å². The van der Waals surface area contributed by atoms with Gasteiger partial charge in [0.15, 0.2) is 6.04 Å². The van der Waals surface area contributed by atoms with E-state index in [4.69, 9.17) is 4.74 Å². The Kier molecular flexibility index (Phi) is 5.49. The topological polar surface area (TPSA) is 38.7 Å². The first-order valence-corrected chi connectivity index (χ1v) is 6.28. The molecule has 0 radical (unpaired) electrons. The number of aliphatic imine (C=N–C) groups is 1. The third-order valence-corrected chi connectivity index (χ3v) is 2.65. The van der Waals surface area contributed by atoms with E-state index >= 15 is 0 Å². The minimum Gasteiger partial charge on any atom is -0.467 e. The van der Waals surface area contributed by atoms with Crippen molar-refractivity contribution in [2.45, 2.75) is 26.8 Å². The van der Waals surface area contributed by atoms with Crippen LogP contribution in [0.15, 0.2) is 41.4 Å². The lowest BCUT2D eigenvalue weighted by Crippen LogP contribution is -2.33. The second-order valence-electron chi connectivity index (χ2n) is 5.36. The van der Waals surface area contributed by atoms with E-state index in [1.165, 1.54) is 7.11 Å². The highest BCUT2D eigenvalue weighted by Gasteiger charge is 2.31. The van der Waals surface area contributed by atoms with E-state index in [2.05, 4.69) is 4.99 Å². The van der Waals surface area contributed by atoms with Gasteiger partial charge < -0.3 is 4.74 Å². The average Bonchev–Trinajstić information content (AvgIpc) is 2.37. The Morgan fingerprint density at radius 1 is 1.26 bits per heavy atom. The van der Waals surface area contributed by atoms with Crippen LogP contribution in [0.1, 0.15) is 26.3 Å². The number of nitrogens with zero attached hydrogens (tertiary/aromatic N) is 1. The number of rotatable bonds is 4. The molecule has 1 rings (SSSR count). The summed E-state index contributed by atoms with van der Waals surface area (Å²) in [5.74, 6) is -0.308. The van der Waals surface area contributed by atoms with Crippen molar-refractivity contribution >= 4 is 18.3 Å². The molecule has 1 aromatic rings. The van der Waals surface area contributed by atoms with Crippen LogP contribution in [-0.4, -0.2) is 25.3 Å². The Labute approximate surface area is 115 Å². The van der Waals surface area contributed by atoms with E-state index in [1.807, 2.05) is 63.3 Å². The van der Waals surface area contributed by atoms with Gasteiger partial charge >= 0.3 is 5.97 Å². The first-order chi connectivity index (χ1) is 8.95. The summed E-state index contributed by atoms with van der Waals surface area (Å²) in [6, 6.07) is 9.45. The molecule has 0 amide bonds. The molecule has 0 aromatic heterocycles. The zero-order valence-corrected chi connectivity index (χ0v) is 12.0. The van der Waals surface area contributed by atoms with Gasteiger partial charge in [0.2, 0.25) is 0 Å². The van der Waals surface area contributed by atoms with Crippen LogP contribution in [-0.2, 0) is 9.53 Å². The Balaban J connectivity index is 2.72. The minimum absolute atomic E-state index is 0.260. The number of allylic oxidation sites excluding steroid dienone is 1. The Bertz CT molecular complexity index is 455. The Morgan fingerprint density at radius 2 is 1.89 bits per heavy atom. The molecule has 0 aliphatic heterocycles. The number of ether oxygens (including phenoxy) is 1. The van der Waals surface area contributed by atoms with Gasteiger partial charge in [0.05, 0.1) is 7.11 Å². The van der Waals surface area contributed by atoms with Gasteiger partial charge in [-0.2, -0.15) is 0 Å². The highest BCUT2D eigenvalue weighted by Crippen LogP contribution is 2.23. The predicted molar refractivity (Wildman–Crippen MR) is 79.2 cm³/mol. The minimum atomic E-state index is -0.488. The zero-order chi connectivity index (χ0) is 14.3. The molecule has 0 aliphatic rings. The van der Waals surface area contributed by atoms with E-state index in [9.17, 15) is 4.79 Å². The van der Waals surface area contributed by atoms with Crippen molar-refractivity contribution in [2.75, 3.05) is 7.11 Å². The highest BCUT2D eigenvalue weighted by atomic mass is 16.5. The van der Waals surface area contributed by atoms with Crippen molar-refractivity contribution in [3.63, 3.8) is 0 Å². The van der Waals surface area contributed by atoms with Gasteiger partial charge in [0.25, 0.3) is 0 Å². The van der Waals surface area contributed by atoms with Gasteiger partial charge in [-0.25, -0.2) is 4.79 Å². The average molecular weight is 259 g/mol. The van der Waals surface area contributed by atoms with Crippen molar-refractivity contribution < 1.29 is 9.53 Å². The summed E-state index contributed by atoms with van der Waals surface area (Å²) < 4.78 is 4.78. The molecule has 0 unspecified atom stereocenters. The van der Waals surface area contributed by atoms with E-state index in [1.54, 1.807) is 6.21 Å². The van der Waals surface area contributed by atoms with Gasteiger partial charge in [-0.05, 0) is 17.1 Å². The second kappa shape index (κ2) is 6.88. The summed E-state index contributed by atoms with van der Waals surface area (Å²) in [4.78, 5) is 16.0. The number of benzene rings is 1. The molecule has 0 bridgehead atoms. The first kappa shape index (κ1) is 15.2. The van der Waals surface area contributed by atoms with E-state index < -0.39 is 6.04 Å². The number of hydrogen-bond acceptors (Lipinski definition) is 3. The third-order valence-electron chi connectivity index (χ3n) is 2.65. The highest BCUT2D eigenvalue weighted by molar-refractivity contribution is 5.83. The fourth-order valence-corrected chi connectivity index (χ4v) is 1.60. The summed E-state index contributed by atoms with van der Waals surface area (Å²) >= 11 is 0. The molecule has 0 spiro atoms. The summed E-state index contributed by atoms with van der Waals surface area (Å²) in [5.41, 5.74) is 0.837. The molecule has 1 atom stereocenters. The molecular formula is C16H21NO2. The number of carbonyl (C=O) groups is 1. The lowest BCUT2D eigenvalue weighted by atomic mass is 9.87.